The molecular weight excluding hydrogens is 669 g/mol. The molecule has 0 bridgehead atoms. The zero-order chi connectivity index (χ0) is 36.2. The van der Waals surface area contributed by atoms with Crippen molar-refractivity contribution in [2.24, 2.45) is 5.92 Å². The summed E-state index contributed by atoms with van der Waals surface area (Å²) < 4.78 is 19.0. The fourth-order valence-corrected chi connectivity index (χ4v) is 12.9. The minimum Gasteiger partial charge on any atom is -0.497 e. The van der Waals surface area contributed by atoms with Gasteiger partial charge in [0.1, 0.15) is 11.5 Å². The van der Waals surface area contributed by atoms with E-state index in [1.54, 1.807) is 24.1 Å². The number of rotatable bonds is 8. The number of ether oxygens (including phenoxy) is 3. The van der Waals surface area contributed by atoms with E-state index in [0.717, 1.165) is 22.6 Å². The van der Waals surface area contributed by atoms with E-state index >= 15 is 4.79 Å². The Kier molecular flexibility index (Phi) is 8.52. The van der Waals surface area contributed by atoms with Gasteiger partial charge in [0.15, 0.2) is 11.4 Å². The number of benzene rings is 5. The highest BCUT2D eigenvalue weighted by molar-refractivity contribution is 6.91. The maximum atomic E-state index is 15.2. The van der Waals surface area contributed by atoms with E-state index in [2.05, 4.69) is 32.2 Å². The van der Waals surface area contributed by atoms with Crippen LogP contribution in [0.25, 0.3) is 0 Å². The van der Waals surface area contributed by atoms with Crippen LogP contribution in [-0.4, -0.2) is 44.8 Å². The van der Waals surface area contributed by atoms with Crippen LogP contribution in [0.1, 0.15) is 34.8 Å². The molecule has 0 saturated carbocycles. The van der Waals surface area contributed by atoms with Crippen molar-refractivity contribution in [1.82, 2.24) is 0 Å². The number of aliphatic hydroxyl groups excluding tert-OH is 1. The summed E-state index contributed by atoms with van der Waals surface area (Å²) in [6, 6.07) is 38.8. The number of aliphatic hydroxyl groups is 1. The van der Waals surface area contributed by atoms with Crippen LogP contribution in [0.3, 0.4) is 0 Å². The molecule has 1 N–H and O–H groups in total. The van der Waals surface area contributed by atoms with Gasteiger partial charge < -0.3 is 24.2 Å². The number of fused-ring (bicyclic) bond motifs is 4. The lowest BCUT2D eigenvalue weighted by Gasteiger charge is -2.37. The van der Waals surface area contributed by atoms with Crippen molar-refractivity contribution in [1.29, 1.82) is 0 Å². The second-order valence-electron chi connectivity index (χ2n) is 14.5. The van der Waals surface area contributed by atoms with Crippen molar-refractivity contribution < 1.29 is 28.9 Å². The number of hydrogen-bond acceptors (Lipinski definition) is 6. The predicted molar refractivity (Wildman–Crippen MR) is 205 cm³/mol. The maximum Gasteiger partial charge on any atom is 0.266 e. The Hall–Kier alpha value is -5.22. The molecule has 5 aromatic carbocycles. The molecule has 1 saturated heterocycles. The highest BCUT2D eigenvalue weighted by atomic mass is 28.3. The van der Waals surface area contributed by atoms with Crippen molar-refractivity contribution in [3.8, 4) is 17.2 Å². The molecular formula is C43H42N2O6Si. The van der Waals surface area contributed by atoms with Gasteiger partial charge in [-0.15, -0.1) is 0 Å². The van der Waals surface area contributed by atoms with Gasteiger partial charge in [0.25, 0.3) is 11.8 Å². The monoisotopic (exact) mass is 710 g/mol. The van der Waals surface area contributed by atoms with Gasteiger partial charge in [0.2, 0.25) is 0 Å². The Morgan fingerprint density at radius 1 is 0.827 bits per heavy atom. The Balaban J connectivity index is 1.30. The van der Waals surface area contributed by atoms with Crippen LogP contribution < -0.4 is 24.5 Å². The molecule has 3 heterocycles. The fourth-order valence-electron chi connectivity index (χ4n) is 8.83. The van der Waals surface area contributed by atoms with Gasteiger partial charge >= 0.3 is 0 Å². The molecule has 9 heteroatoms. The highest BCUT2D eigenvalue weighted by Crippen LogP contribution is 2.61. The number of carbonyl (C=O) groups excluding carboxylic acids is 2. The van der Waals surface area contributed by atoms with Gasteiger partial charge in [0, 0.05) is 23.8 Å². The van der Waals surface area contributed by atoms with E-state index in [1.807, 2.05) is 102 Å². The van der Waals surface area contributed by atoms with Gasteiger partial charge in [-0.1, -0.05) is 91.9 Å². The average Bonchev–Trinajstić information content (AvgIpc) is 3.53. The Bertz CT molecular complexity index is 2160. The largest absolute Gasteiger partial charge is 0.497 e. The number of amides is 2. The smallest absolute Gasteiger partial charge is 0.266 e. The first-order chi connectivity index (χ1) is 25.2. The van der Waals surface area contributed by atoms with Crippen molar-refractivity contribution in [2.45, 2.75) is 50.2 Å². The zero-order valence-electron chi connectivity index (χ0n) is 29.8. The van der Waals surface area contributed by atoms with Crippen LogP contribution >= 0.6 is 0 Å². The van der Waals surface area contributed by atoms with E-state index in [4.69, 9.17) is 14.2 Å². The lowest BCUT2D eigenvalue weighted by Crippen LogP contribution is -2.51. The predicted octanol–water partition coefficient (Wildman–Crippen LogP) is 7.92. The minimum atomic E-state index is -2.38. The first-order valence-electron chi connectivity index (χ1n) is 17.8. The second kappa shape index (κ2) is 13.1. The molecule has 52 heavy (non-hydrogen) atoms. The summed E-state index contributed by atoms with van der Waals surface area (Å²) in [7, 11) is -0.720. The second-order valence-corrected chi connectivity index (χ2v) is 19.1. The molecule has 5 aromatic rings. The fraction of sp³-hybridized carbons (Fsp3) is 0.256. The Labute approximate surface area is 305 Å². The molecule has 1 fully saturated rings. The summed E-state index contributed by atoms with van der Waals surface area (Å²) in [5.41, 5.74) is 2.76. The van der Waals surface area contributed by atoms with Crippen LogP contribution in [0.5, 0.6) is 17.2 Å². The number of hydrogen-bond donors (Lipinski definition) is 1. The standard InChI is InChI=1S/C43H42N2O6Si/c1-28-40(52(3,4)32-21-19-31(49-2)20-22-32)39(24-25-46)51-43(28)34-26-30(18-23-35(34)44(42(43)48)27-29-12-6-5-7-13-29)45-36-15-9-11-17-38(36)50-37-16-10-8-14-33(37)41(45)47/h5-23,26,28,39-40,46H,24-25,27H2,1-4H3/t28-,39+,40-,43+/m1/s1. The summed E-state index contributed by atoms with van der Waals surface area (Å²) >= 11 is 0. The molecule has 3 aliphatic heterocycles. The summed E-state index contributed by atoms with van der Waals surface area (Å²) in [6.45, 7) is 7.09. The number of para-hydroxylation sites is 3. The third-order valence-corrected chi connectivity index (χ3v) is 15.7. The topological polar surface area (TPSA) is 88.5 Å². The molecule has 2 amide bonds. The minimum absolute atomic E-state index is 0.0222. The van der Waals surface area contributed by atoms with Crippen molar-refractivity contribution in [3.63, 3.8) is 0 Å². The van der Waals surface area contributed by atoms with Gasteiger partial charge in [0.05, 0.1) is 44.8 Å². The van der Waals surface area contributed by atoms with Crippen LogP contribution in [0.4, 0.5) is 17.1 Å². The molecule has 0 radical (unpaired) electrons. The summed E-state index contributed by atoms with van der Waals surface area (Å²) in [5, 5.41) is 11.6. The average molecular weight is 711 g/mol. The lowest BCUT2D eigenvalue weighted by atomic mass is 9.82. The molecule has 1 spiro atoms. The van der Waals surface area contributed by atoms with Gasteiger partial charge in [-0.25, -0.2) is 0 Å². The van der Waals surface area contributed by atoms with Crippen LogP contribution in [0.2, 0.25) is 18.6 Å². The molecule has 8 rings (SSSR count). The normalized spacial score (nSPS) is 22.1. The van der Waals surface area contributed by atoms with Crippen LogP contribution in [0.15, 0.2) is 121 Å². The summed E-state index contributed by atoms with van der Waals surface area (Å²) in [5.74, 6) is 1.21. The number of nitrogens with zero attached hydrogens (tertiary/aromatic N) is 2. The van der Waals surface area contributed by atoms with E-state index in [1.165, 1.54) is 5.19 Å². The third kappa shape index (κ3) is 5.26. The molecule has 264 valence electrons. The Morgan fingerprint density at radius 2 is 1.52 bits per heavy atom. The number of carbonyl (C=O) groups is 2. The maximum absolute atomic E-state index is 15.2. The van der Waals surface area contributed by atoms with Gasteiger partial charge in [-0.05, 0) is 72.1 Å². The third-order valence-electron chi connectivity index (χ3n) is 11.3. The molecule has 3 aliphatic rings. The van der Waals surface area contributed by atoms with Crippen LogP contribution in [0, 0.1) is 5.92 Å². The molecule has 4 atom stereocenters. The van der Waals surface area contributed by atoms with Gasteiger partial charge in [-0.3, -0.25) is 14.5 Å². The van der Waals surface area contributed by atoms with Crippen molar-refractivity contribution >= 4 is 42.1 Å². The first kappa shape index (κ1) is 33.9. The van der Waals surface area contributed by atoms with E-state index in [9.17, 15) is 9.90 Å². The van der Waals surface area contributed by atoms with E-state index in [0.29, 0.717) is 41.4 Å². The summed E-state index contributed by atoms with van der Waals surface area (Å²) in [6.07, 6.45) is 0.0258. The van der Waals surface area contributed by atoms with Gasteiger partial charge in [-0.2, -0.15) is 0 Å². The molecule has 0 aliphatic carbocycles. The van der Waals surface area contributed by atoms with Crippen molar-refractivity contribution in [2.75, 3.05) is 23.5 Å². The first-order valence-corrected chi connectivity index (χ1v) is 20.9. The summed E-state index contributed by atoms with van der Waals surface area (Å²) in [4.78, 5) is 33.2. The SMILES string of the molecule is COc1ccc([Si](C)(C)[C@H]2[C@H](CCO)O[C@@]3(C(=O)N(Cc4ccccc4)c4ccc(N5C(=O)c6ccccc6Oc6ccccc65)cc43)[C@@H]2C)cc1. The molecule has 0 unspecified atom stereocenters. The highest BCUT2D eigenvalue weighted by Gasteiger charge is 2.66. The van der Waals surface area contributed by atoms with E-state index < -0.39 is 13.7 Å². The number of methoxy groups -OCH3 is 1. The quantitative estimate of drug-likeness (QED) is 0.165. The van der Waals surface area contributed by atoms with E-state index in [-0.39, 0.29) is 36.0 Å². The molecule has 0 aromatic heterocycles. The Morgan fingerprint density at radius 3 is 2.25 bits per heavy atom. The van der Waals surface area contributed by atoms with Crippen molar-refractivity contribution in [3.05, 3.63) is 138 Å². The number of anilines is 3. The van der Waals surface area contributed by atoms with Crippen LogP contribution in [-0.2, 0) is 21.7 Å². The lowest BCUT2D eigenvalue weighted by molar-refractivity contribution is -0.146. The molecule has 8 nitrogen and oxygen atoms in total. The zero-order valence-corrected chi connectivity index (χ0v) is 30.8.